The van der Waals surface area contributed by atoms with Gasteiger partial charge in [-0.3, -0.25) is 9.78 Å². The van der Waals surface area contributed by atoms with E-state index in [1.54, 1.807) is 18.2 Å². The van der Waals surface area contributed by atoms with Crippen LogP contribution < -0.4 is 9.80 Å². The summed E-state index contributed by atoms with van der Waals surface area (Å²) in [4.78, 5) is 22.4. The van der Waals surface area contributed by atoms with Gasteiger partial charge in [0.1, 0.15) is 5.82 Å². The Balaban J connectivity index is 1.51. The zero-order valence-electron chi connectivity index (χ0n) is 20.4. The van der Waals surface area contributed by atoms with Crippen LogP contribution in [0.1, 0.15) is 44.7 Å². The highest BCUT2D eigenvalue weighted by molar-refractivity contribution is 5.84. The molecule has 2 aromatic heterocycles. The van der Waals surface area contributed by atoms with Crippen LogP contribution in [0.4, 0.5) is 24.5 Å². The summed E-state index contributed by atoms with van der Waals surface area (Å²) in [6, 6.07) is 8.42. The second-order valence-corrected chi connectivity index (χ2v) is 9.12. The monoisotopic (exact) mass is 502 g/mol. The molecule has 1 aliphatic heterocycles. The fraction of sp³-hybridized carbons (Fsp3) is 0.440. The minimum Gasteiger partial charge on any atom is -0.415 e. The number of amides is 1. The topological polar surface area (TPSA) is 78.6 Å². The molecule has 1 fully saturated rings. The van der Waals surface area contributed by atoms with Crippen LogP contribution in [0.2, 0.25) is 0 Å². The number of carbonyl (C=O) groups excluding carboxylic acids is 1. The molecule has 1 aromatic carbocycles. The molecule has 0 spiro atoms. The Morgan fingerprint density at radius 1 is 1.14 bits per heavy atom. The zero-order valence-corrected chi connectivity index (χ0v) is 20.4. The number of rotatable bonds is 9. The van der Waals surface area contributed by atoms with E-state index in [0.29, 0.717) is 29.4 Å². The highest BCUT2D eigenvalue weighted by atomic mass is 19.3. The summed E-state index contributed by atoms with van der Waals surface area (Å²) in [6.07, 6.45) is 1.14. The quantitative estimate of drug-likeness (QED) is 0.393. The predicted octanol–water partition coefficient (Wildman–Crippen LogP) is 4.68. The van der Waals surface area contributed by atoms with E-state index in [0.717, 1.165) is 31.6 Å². The number of hydrogen-bond acceptors (Lipinski definition) is 7. The van der Waals surface area contributed by atoms with Gasteiger partial charge in [0, 0.05) is 38.4 Å². The van der Waals surface area contributed by atoms with Crippen molar-refractivity contribution in [2.75, 3.05) is 29.9 Å². The lowest BCUT2D eigenvalue weighted by Crippen LogP contribution is -2.46. The number of piperidine rings is 1. The maximum absolute atomic E-state index is 14.3. The molecule has 0 unspecified atom stereocenters. The molecule has 3 heterocycles. The van der Waals surface area contributed by atoms with Gasteiger partial charge in [-0.15, -0.1) is 10.2 Å². The van der Waals surface area contributed by atoms with Crippen molar-refractivity contribution in [3.63, 3.8) is 0 Å². The van der Waals surface area contributed by atoms with Crippen LogP contribution >= 0.6 is 0 Å². The first kappa shape index (κ1) is 25.6. The average molecular weight is 503 g/mol. The number of benzene rings is 1. The number of alkyl halides is 2. The van der Waals surface area contributed by atoms with E-state index in [-0.39, 0.29) is 18.5 Å². The Morgan fingerprint density at radius 2 is 1.89 bits per heavy atom. The number of carbonyl (C=O) groups is 1. The van der Waals surface area contributed by atoms with Gasteiger partial charge in [-0.05, 0) is 57.0 Å². The van der Waals surface area contributed by atoms with Crippen LogP contribution in [-0.2, 0) is 11.3 Å². The van der Waals surface area contributed by atoms with Gasteiger partial charge in [0.2, 0.25) is 12.3 Å². The summed E-state index contributed by atoms with van der Waals surface area (Å²) in [5.74, 6) is -1.29. The third kappa shape index (κ3) is 5.67. The molecule has 3 aromatic rings. The van der Waals surface area contributed by atoms with Crippen LogP contribution in [0.3, 0.4) is 0 Å². The van der Waals surface area contributed by atoms with Crippen molar-refractivity contribution in [2.45, 2.75) is 51.7 Å². The van der Waals surface area contributed by atoms with Crippen molar-refractivity contribution in [1.82, 2.24) is 20.1 Å². The highest BCUT2D eigenvalue weighted by Crippen LogP contribution is 2.33. The van der Waals surface area contributed by atoms with Crippen molar-refractivity contribution in [3.05, 3.63) is 53.9 Å². The zero-order chi connectivity index (χ0) is 25.8. The molecule has 0 radical (unpaired) electrons. The molecule has 1 aliphatic rings. The Hall–Kier alpha value is -3.47. The molecule has 0 atom stereocenters. The summed E-state index contributed by atoms with van der Waals surface area (Å²) in [5.41, 5.74) is 2.09. The summed E-state index contributed by atoms with van der Waals surface area (Å²) in [5, 5.41) is 6.92. The molecular weight excluding hydrogens is 473 g/mol. The van der Waals surface area contributed by atoms with Crippen molar-refractivity contribution in [1.29, 1.82) is 0 Å². The van der Waals surface area contributed by atoms with E-state index in [9.17, 15) is 18.0 Å². The molecule has 4 rings (SSSR count). The summed E-state index contributed by atoms with van der Waals surface area (Å²) >= 11 is 0. The van der Waals surface area contributed by atoms with Crippen molar-refractivity contribution >= 4 is 17.8 Å². The lowest BCUT2D eigenvalue weighted by molar-refractivity contribution is -0.107. The molecule has 11 heteroatoms. The fourth-order valence-electron chi connectivity index (χ4n) is 4.45. The van der Waals surface area contributed by atoms with Gasteiger partial charge in [-0.2, -0.15) is 8.78 Å². The summed E-state index contributed by atoms with van der Waals surface area (Å²) in [6.45, 7) is 6.43. The van der Waals surface area contributed by atoms with Crippen LogP contribution in [0, 0.1) is 5.82 Å². The lowest BCUT2D eigenvalue weighted by atomic mass is 10.0. The number of anilines is 2. The molecule has 36 heavy (non-hydrogen) atoms. The van der Waals surface area contributed by atoms with Gasteiger partial charge >= 0.3 is 6.43 Å². The van der Waals surface area contributed by atoms with Gasteiger partial charge in [0.25, 0.3) is 5.89 Å². The van der Waals surface area contributed by atoms with E-state index < -0.39 is 18.1 Å². The molecule has 8 nitrogen and oxygen atoms in total. The highest BCUT2D eigenvalue weighted by Gasteiger charge is 2.26. The Bertz CT molecular complexity index is 1160. The Kier molecular flexibility index (Phi) is 7.88. The maximum atomic E-state index is 14.3. The number of likely N-dealkylation sites (tertiary alicyclic amines) is 1. The number of nitrogens with zero attached hydrogens (tertiary/aromatic N) is 6. The van der Waals surface area contributed by atoms with Gasteiger partial charge in [0.15, 0.2) is 0 Å². The van der Waals surface area contributed by atoms with Crippen molar-refractivity contribution in [2.24, 2.45) is 0 Å². The molecule has 192 valence electrons. The second kappa shape index (κ2) is 11.1. The maximum Gasteiger partial charge on any atom is 0.314 e. The first-order valence-corrected chi connectivity index (χ1v) is 11.8. The first-order chi connectivity index (χ1) is 17.3. The lowest BCUT2D eigenvalue weighted by Gasteiger charge is -2.40. The van der Waals surface area contributed by atoms with E-state index in [4.69, 9.17) is 4.42 Å². The second-order valence-electron chi connectivity index (χ2n) is 9.12. The minimum atomic E-state index is -2.86. The van der Waals surface area contributed by atoms with E-state index in [2.05, 4.69) is 38.8 Å². The largest absolute Gasteiger partial charge is 0.415 e. The van der Waals surface area contributed by atoms with Gasteiger partial charge in [-0.25, -0.2) is 4.39 Å². The summed E-state index contributed by atoms with van der Waals surface area (Å²) in [7, 11) is 1.97. The van der Waals surface area contributed by atoms with E-state index in [1.807, 2.05) is 7.05 Å². The normalized spacial score (nSPS) is 15.0. The fourth-order valence-corrected chi connectivity index (χ4v) is 4.45. The van der Waals surface area contributed by atoms with Crippen molar-refractivity contribution in [3.8, 4) is 11.5 Å². The number of aromatic nitrogens is 3. The van der Waals surface area contributed by atoms with Gasteiger partial charge in [0.05, 0.1) is 29.2 Å². The number of halogens is 3. The molecule has 1 amide bonds. The van der Waals surface area contributed by atoms with Crippen LogP contribution in [0.5, 0.6) is 0 Å². The van der Waals surface area contributed by atoms with E-state index >= 15 is 0 Å². The number of hydrogen-bond donors (Lipinski definition) is 0. The third-order valence-corrected chi connectivity index (χ3v) is 6.56. The predicted molar refractivity (Wildman–Crippen MR) is 129 cm³/mol. The summed E-state index contributed by atoms with van der Waals surface area (Å²) < 4.78 is 44.6. The van der Waals surface area contributed by atoms with Crippen LogP contribution in [0.25, 0.3) is 11.5 Å². The molecule has 0 N–H and O–H groups in total. The minimum absolute atomic E-state index is 0.0749. The van der Waals surface area contributed by atoms with Crippen LogP contribution in [-0.4, -0.2) is 58.7 Å². The Morgan fingerprint density at radius 3 is 2.47 bits per heavy atom. The Labute approximate surface area is 207 Å². The third-order valence-electron chi connectivity index (χ3n) is 6.56. The smallest absolute Gasteiger partial charge is 0.314 e. The number of pyridine rings is 1. The molecule has 0 saturated carbocycles. The molecule has 1 saturated heterocycles. The van der Waals surface area contributed by atoms with Gasteiger partial charge in [-0.1, -0.05) is 0 Å². The molecular formula is C25H29F3N6O2. The van der Waals surface area contributed by atoms with E-state index in [1.165, 1.54) is 23.2 Å². The van der Waals surface area contributed by atoms with Crippen molar-refractivity contribution < 1.29 is 22.4 Å². The molecule has 0 aliphatic carbocycles. The molecule has 0 bridgehead atoms. The van der Waals surface area contributed by atoms with Gasteiger partial charge < -0.3 is 19.1 Å². The first-order valence-electron chi connectivity index (χ1n) is 11.8. The SMILES string of the molecule is CC(C)N1CCC(N(C)c2ccc(F)cc2N(C=O)Cc2ccc(-c3nnc(C(F)F)o3)cn2)CC1. The standard InChI is InChI=1S/C25H29F3N6O2/c1-16(2)33-10-8-20(9-11-33)32(3)21-7-5-18(26)12-22(21)34(15-35)14-19-6-4-17(13-29-19)24-30-31-25(36-24)23(27)28/h4-7,12-13,15-16,20,23H,8-11,14H2,1-3H3. The van der Waals surface area contributed by atoms with Crippen LogP contribution in [0.15, 0.2) is 40.9 Å². The average Bonchev–Trinajstić information content (AvgIpc) is 3.38.